The quantitative estimate of drug-likeness (QED) is 0.905. The molecule has 1 aromatic heterocycles. The van der Waals surface area contributed by atoms with Gasteiger partial charge in [-0.25, -0.2) is 4.68 Å². The molecule has 1 atom stereocenters. The maximum atomic E-state index is 10.8. The van der Waals surface area contributed by atoms with Crippen LogP contribution in [0.25, 0.3) is 11.4 Å². The van der Waals surface area contributed by atoms with Gasteiger partial charge in [-0.05, 0) is 41.5 Å². The van der Waals surface area contributed by atoms with Crippen LogP contribution in [0.3, 0.4) is 0 Å². The first-order valence-electron chi connectivity index (χ1n) is 6.24. The fourth-order valence-corrected chi connectivity index (χ4v) is 2.46. The Bertz CT molecular complexity index is 627. The number of nitrogens with zero attached hydrogens (tertiary/aromatic N) is 4. The number of hydrogen-bond donors (Lipinski definition) is 1. The molecule has 1 heterocycles. The lowest BCUT2D eigenvalue weighted by Gasteiger charge is -2.09. The first kappa shape index (κ1) is 14.6. The van der Waals surface area contributed by atoms with Crippen molar-refractivity contribution >= 4 is 21.9 Å². The van der Waals surface area contributed by atoms with E-state index in [9.17, 15) is 4.79 Å². The van der Waals surface area contributed by atoms with E-state index in [1.54, 1.807) is 11.6 Å². The van der Waals surface area contributed by atoms with E-state index in [-0.39, 0.29) is 0 Å². The minimum Gasteiger partial charge on any atom is -0.481 e. The second-order valence-corrected chi connectivity index (χ2v) is 5.59. The van der Waals surface area contributed by atoms with Crippen molar-refractivity contribution in [2.24, 2.45) is 5.92 Å². The fourth-order valence-electron chi connectivity index (χ4n) is 1.79. The zero-order chi connectivity index (χ0) is 14.7. The van der Waals surface area contributed by atoms with Crippen LogP contribution in [0.5, 0.6) is 0 Å². The van der Waals surface area contributed by atoms with Crippen LogP contribution >= 0.6 is 15.9 Å². The number of rotatable bonds is 5. The van der Waals surface area contributed by atoms with Crippen molar-refractivity contribution < 1.29 is 9.90 Å². The Morgan fingerprint density at radius 3 is 2.90 bits per heavy atom. The van der Waals surface area contributed by atoms with Gasteiger partial charge in [0.15, 0.2) is 5.82 Å². The first-order valence-corrected chi connectivity index (χ1v) is 7.04. The maximum Gasteiger partial charge on any atom is 0.306 e. The number of carboxylic acids is 1. The summed E-state index contributed by atoms with van der Waals surface area (Å²) in [6, 6.07) is 5.93. The van der Waals surface area contributed by atoms with E-state index in [1.807, 2.05) is 25.1 Å². The second-order valence-electron chi connectivity index (χ2n) is 4.74. The molecule has 7 heteroatoms. The minimum absolute atomic E-state index is 0.423. The molecule has 0 saturated heterocycles. The van der Waals surface area contributed by atoms with Crippen LogP contribution in [-0.4, -0.2) is 31.3 Å². The van der Waals surface area contributed by atoms with Gasteiger partial charge in [0.1, 0.15) is 0 Å². The molecule has 0 aliphatic heterocycles. The zero-order valence-corrected chi connectivity index (χ0v) is 12.8. The number of carboxylic acid groups (broad SMARTS) is 1. The summed E-state index contributed by atoms with van der Waals surface area (Å²) in [5.41, 5.74) is 2.03. The van der Waals surface area contributed by atoms with Crippen molar-refractivity contribution in [3.8, 4) is 11.4 Å². The minimum atomic E-state index is -0.809. The van der Waals surface area contributed by atoms with Crippen LogP contribution in [0.2, 0.25) is 0 Å². The smallest absolute Gasteiger partial charge is 0.306 e. The van der Waals surface area contributed by atoms with E-state index in [0.717, 1.165) is 15.6 Å². The molecule has 0 bridgehead atoms. The largest absolute Gasteiger partial charge is 0.481 e. The summed E-state index contributed by atoms with van der Waals surface area (Å²) in [5.74, 6) is -0.598. The van der Waals surface area contributed by atoms with Crippen LogP contribution in [0.4, 0.5) is 0 Å². The van der Waals surface area contributed by atoms with Gasteiger partial charge in [-0.2, -0.15) is 0 Å². The summed E-state index contributed by atoms with van der Waals surface area (Å²) in [5, 5.41) is 20.5. The van der Waals surface area contributed by atoms with Crippen molar-refractivity contribution in [1.29, 1.82) is 0 Å². The number of aliphatic carboxylic acids is 1. The molecule has 2 rings (SSSR count). The molecule has 0 saturated carbocycles. The molecular weight excluding hydrogens is 324 g/mol. The molecule has 0 aliphatic rings. The molecule has 1 aromatic carbocycles. The molecule has 0 aliphatic carbocycles. The number of aryl methyl sites for hydroxylation is 2. The van der Waals surface area contributed by atoms with E-state index in [0.29, 0.717) is 18.8 Å². The van der Waals surface area contributed by atoms with Crippen LogP contribution < -0.4 is 0 Å². The molecule has 0 amide bonds. The molecular formula is C13H15BrN4O2. The fraction of sp³-hybridized carbons (Fsp3) is 0.385. The lowest BCUT2D eigenvalue weighted by molar-refractivity contribution is -0.141. The standard InChI is InChI=1S/C13H15BrN4O2/c1-8-3-4-10(11(14)7-8)12-15-16-17-18(12)6-5-9(2)13(19)20/h3-4,7,9H,5-6H2,1-2H3,(H,19,20). The average molecular weight is 339 g/mol. The van der Waals surface area contributed by atoms with Crippen molar-refractivity contribution in [1.82, 2.24) is 20.2 Å². The molecule has 0 fully saturated rings. The summed E-state index contributed by atoms with van der Waals surface area (Å²) >= 11 is 3.50. The van der Waals surface area contributed by atoms with Gasteiger partial charge in [0, 0.05) is 16.6 Å². The van der Waals surface area contributed by atoms with E-state index in [2.05, 4.69) is 31.5 Å². The molecule has 6 nitrogen and oxygen atoms in total. The Labute approximate surface area is 124 Å². The number of halogens is 1. The van der Waals surface area contributed by atoms with Crippen molar-refractivity contribution in [3.05, 3.63) is 28.2 Å². The van der Waals surface area contributed by atoms with E-state index in [4.69, 9.17) is 5.11 Å². The van der Waals surface area contributed by atoms with Gasteiger partial charge < -0.3 is 5.11 Å². The number of carbonyl (C=O) groups is 1. The van der Waals surface area contributed by atoms with Crippen LogP contribution in [-0.2, 0) is 11.3 Å². The summed E-state index contributed by atoms with van der Waals surface area (Å²) in [7, 11) is 0. The van der Waals surface area contributed by atoms with Gasteiger partial charge in [-0.1, -0.05) is 28.9 Å². The summed E-state index contributed by atoms with van der Waals surface area (Å²) in [6.45, 7) is 4.15. The highest BCUT2D eigenvalue weighted by atomic mass is 79.9. The van der Waals surface area contributed by atoms with Crippen molar-refractivity contribution in [2.75, 3.05) is 0 Å². The topological polar surface area (TPSA) is 80.9 Å². The van der Waals surface area contributed by atoms with E-state index < -0.39 is 11.9 Å². The molecule has 1 N–H and O–H groups in total. The van der Waals surface area contributed by atoms with Gasteiger partial charge in [-0.15, -0.1) is 5.10 Å². The third kappa shape index (κ3) is 3.22. The summed E-state index contributed by atoms with van der Waals surface area (Å²) < 4.78 is 2.55. The van der Waals surface area contributed by atoms with Gasteiger partial charge in [0.25, 0.3) is 0 Å². The predicted octanol–water partition coefficient (Wildman–Crippen LogP) is 2.52. The lowest BCUT2D eigenvalue weighted by atomic mass is 10.1. The lowest BCUT2D eigenvalue weighted by Crippen LogP contribution is -2.14. The highest BCUT2D eigenvalue weighted by Gasteiger charge is 2.15. The third-order valence-electron chi connectivity index (χ3n) is 3.09. The van der Waals surface area contributed by atoms with Gasteiger partial charge in [0.05, 0.1) is 5.92 Å². The Balaban J connectivity index is 2.22. The zero-order valence-electron chi connectivity index (χ0n) is 11.2. The SMILES string of the molecule is Cc1ccc(-c2nnnn2CCC(C)C(=O)O)c(Br)c1. The molecule has 20 heavy (non-hydrogen) atoms. The van der Waals surface area contributed by atoms with Crippen LogP contribution in [0, 0.1) is 12.8 Å². The number of tetrazole rings is 1. The number of aromatic nitrogens is 4. The van der Waals surface area contributed by atoms with Crippen LogP contribution in [0.15, 0.2) is 22.7 Å². The molecule has 0 radical (unpaired) electrons. The highest BCUT2D eigenvalue weighted by Crippen LogP contribution is 2.27. The average Bonchev–Trinajstić information content (AvgIpc) is 2.84. The number of hydrogen-bond acceptors (Lipinski definition) is 4. The van der Waals surface area contributed by atoms with Gasteiger partial charge >= 0.3 is 5.97 Å². The highest BCUT2D eigenvalue weighted by molar-refractivity contribution is 9.10. The predicted molar refractivity (Wildman–Crippen MR) is 77.1 cm³/mol. The Morgan fingerprint density at radius 1 is 1.50 bits per heavy atom. The van der Waals surface area contributed by atoms with Crippen LogP contribution in [0.1, 0.15) is 18.9 Å². The third-order valence-corrected chi connectivity index (χ3v) is 3.75. The van der Waals surface area contributed by atoms with Gasteiger partial charge in [0.2, 0.25) is 0 Å². The van der Waals surface area contributed by atoms with Gasteiger partial charge in [-0.3, -0.25) is 4.79 Å². The maximum absolute atomic E-state index is 10.8. The summed E-state index contributed by atoms with van der Waals surface area (Å²) in [4.78, 5) is 10.8. The number of benzene rings is 1. The Hall–Kier alpha value is -1.76. The second kappa shape index (κ2) is 6.13. The molecule has 0 spiro atoms. The first-order chi connectivity index (χ1) is 9.49. The Morgan fingerprint density at radius 2 is 2.25 bits per heavy atom. The van der Waals surface area contributed by atoms with Crippen molar-refractivity contribution in [2.45, 2.75) is 26.8 Å². The summed E-state index contributed by atoms with van der Waals surface area (Å²) in [6.07, 6.45) is 0.483. The van der Waals surface area contributed by atoms with Crippen molar-refractivity contribution in [3.63, 3.8) is 0 Å². The molecule has 1 unspecified atom stereocenters. The molecule has 2 aromatic rings. The molecule has 106 valence electrons. The van der Waals surface area contributed by atoms with E-state index in [1.165, 1.54) is 0 Å². The van der Waals surface area contributed by atoms with E-state index >= 15 is 0 Å². The normalized spacial score (nSPS) is 12.3. The monoisotopic (exact) mass is 338 g/mol. The Kier molecular flexibility index (Phi) is 4.49.